The summed E-state index contributed by atoms with van der Waals surface area (Å²) in [6.07, 6.45) is 11.0. The van der Waals surface area contributed by atoms with Gasteiger partial charge in [0.1, 0.15) is 22.3 Å². The van der Waals surface area contributed by atoms with E-state index in [0.717, 1.165) is 43.8 Å². The topological polar surface area (TPSA) is 115 Å². The van der Waals surface area contributed by atoms with E-state index in [1.54, 1.807) is 24.1 Å². The number of carbonyl (C=O) groups is 2. The van der Waals surface area contributed by atoms with E-state index in [1.165, 1.54) is 22.9 Å². The van der Waals surface area contributed by atoms with Gasteiger partial charge in [-0.25, -0.2) is 4.21 Å². The molecule has 1 N–H and O–H groups in total. The van der Waals surface area contributed by atoms with Gasteiger partial charge in [0.05, 0.1) is 34.1 Å². The van der Waals surface area contributed by atoms with Gasteiger partial charge in [-0.1, -0.05) is 42.8 Å². The van der Waals surface area contributed by atoms with Gasteiger partial charge in [-0.15, -0.1) is 16.1 Å². The van der Waals surface area contributed by atoms with E-state index in [1.807, 2.05) is 37.7 Å². The number of aryl methyl sites for hydroxylation is 3. The van der Waals surface area contributed by atoms with Crippen molar-refractivity contribution in [2.75, 3.05) is 43.2 Å². The molecule has 12 heteroatoms. The zero-order valence-electron chi connectivity index (χ0n) is 29.3. The van der Waals surface area contributed by atoms with Crippen molar-refractivity contribution < 1.29 is 23.3 Å². The van der Waals surface area contributed by atoms with Crippen molar-refractivity contribution in [3.05, 3.63) is 88.8 Å². The molecule has 4 heterocycles. The first-order valence-electron chi connectivity index (χ1n) is 17.7. The van der Waals surface area contributed by atoms with Gasteiger partial charge in [-0.2, -0.15) is 5.10 Å². The van der Waals surface area contributed by atoms with Crippen LogP contribution in [-0.4, -0.2) is 70.2 Å². The van der Waals surface area contributed by atoms with E-state index < -0.39 is 21.7 Å². The molecular formula is C38H47N5O5S2. The Balaban J connectivity index is 1.30. The highest BCUT2D eigenvalue weighted by molar-refractivity contribution is 8.00. The lowest BCUT2D eigenvalue weighted by Gasteiger charge is -2.45. The van der Waals surface area contributed by atoms with Crippen molar-refractivity contribution >= 4 is 39.2 Å². The quantitative estimate of drug-likeness (QED) is 0.318. The third-order valence-electron chi connectivity index (χ3n) is 10.7. The normalized spacial score (nSPS) is 30.2. The van der Waals surface area contributed by atoms with Gasteiger partial charge in [0.25, 0.3) is 11.8 Å². The summed E-state index contributed by atoms with van der Waals surface area (Å²) in [5, 5.41) is 4.18. The average molecular weight is 718 g/mol. The molecule has 7 rings (SSSR count). The third kappa shape index (κ3) is 6.98. The molecule has 1 aliphatic carbocycles. The molecule has 0 radical (unpaired) electrons. The van der Waals surface area contributed by atoms with E-state index in [-0.39, 0.29) is 28.1 Å². The summed E-state index contributed by atoms with van der Waals surface area (Å²) >= 11 is 1.96. The second kappa shape index (κ2) is 14.2. The fourth-order valence-corrected chi connectivity index (χ4v) is 11.2. The summed E-state index contributed by atoms with van der Waals surface area (Å²) in [6, 6.07) is 12.2. The lowest BCUT2D eigenvalue weighted by Crippen LogP contribution is -2.48. The third-order valence-corrected chi connectivity index (χ3v) is 14.1. The molecule has 4 aliphatic rings. The summed E-state index contributed by atoms with van der Waals surface area (Å²) in [6.45, 7) is 8.63. The Morgan fingerprint density at radius 3 is 2.84 bits per heavy atom. The molecule has 0 saturated heterocycles. The van der Waals surface area contributed by atoms with Crippen LogP contribution in [0.15, 0.2) is 65.3 Å². The predicted octanol–water partition coefficient (Wildman–Crippen LogP) is 6.19. The zero-order chi connectivity index (χ0) is 35.0. The van der Waals surface area contributed by atoms with Gasteiger partial charge in [0.2, 0.25) is 0 Å². The first-order valence-corrected chi connectivity index (χ1v) is 20.3. The monoisotopic (exact) mass is 717 g/mol. The molecule has 6 atom stereocenters. The molecule has 50 heavy (non-hydrogen) atoms. The maximum atomic E-state index is 14.5. The standard InChI is InChI=1S/C38H47N5O5S2/c1-5-43-21-30(19-39-43)37(45)41-50(46)22-26(3)7-6-8-34(47-4)31-12-10-29(31)20-42-23-38(32-13-9-25(2)17-27(32)15-16-49-38)24-48-35-14-11-28(18-33(35)42)36(44)40-50/h6,8-9,11,13-14,17-19,21,26,29,31,34H,5,7,10,12,15-16,20,22-24H2,1-4H3,(H,40,41,44,45,46)/b8-6+/t26-,29-,31+,34-,38+,50-/m0/s1. The number of rotatable bonds is 4. The molecule has 10 nitrogen and oxygen atoms in total. The molecule has 266 valence electrons. The number of benzene rings is 2. The molecule has 0 unspecified atom stereocenters. The fraction of sp³-hybridized carbons (Fsp3) is 0.500. The summed E-state index contributed by atoms with van der Waals surface area (Å²) in [5.41, 5.74) is 5.36. The zero-order valence-corrected chi connectivity index (χ0v) is 30.9. The summed E-state index contributed by atoms with van der Waals surface area (Å²) in [4.78, 5) is 29.7. The molecular weight excluding hydrogens is 671 g/mol. The number of nitrogens with one attached hydrogen (secondary N) is 1. The van der Waals surface area contributed by atoms with E-state index in [4.69, 9.17) is 9.47 Å². The van der Waals surface area contributed by atoms with Crippen LogP contribution in [0.5, 0.6) is 5.75 Å². The highest BCUT2D eigenvalue weighted by Crippen LogP contribution is 2.49. The number of thioether (sulfide) groups is 1. The Bertz CT molecular complexity index is 1930. The van der Waals surface area contributed by atoms with Crippen LogP contribution in [0.3, 0.4) is 0 Å². The van der Waals surface area contributed by atoms with Crippen molar-refractivity contribution in [2.45, 2.75) is 63.9 Å². The highest BCUT2D eigenvalue weighted by atomic mass is 32.2. The number of amides is 2. The van der Waals surface area contributed by atoms with E-state index in [2.05, 4.69) is 56.4 Å². The van der Waals surface area contributed by atoms with Crippen LogP contribution in [0.1, 0.15) is 70.5 Å². The van der Waals surface area contributed by atoms with Crippen molar-refractivity contribution in [3.8, 4) is 5.75 Å². The van der Waals surface area contributed by atoms with Crippen LogP contribution in [0.25, 0.3) is 0 Å². The second-order valence-electron chi connectivity index (χ2n) is 14.3. The van der Waals surface area contributed by atoms with Crippen LogP contribution in [0, 0.1) is 24.7 Å². The SMILES string of the molecule is CCn1cc(C(=O)N[S@@]2(=O)=NC(=O)c3ccc4c(c3)N(C[C@@H]3CC[C@H]3[C@@H](OC)/C=C/C[C@H](C)C2)C[C@]2(CO4)SCCc3cc(C)ccc32)cn1. The van der Waals surface area contributed by atoms with Gasteiger partial charge in [0, 0.05) is 38.5 Å². The minimum absolute atomic E-state index is 0.0131. The molecule has 3 aliphatic heterocycles. The Kier molecular flexibility index (Phi) is 9.88. The number of allylic oxidation sites excluding steroid dienone is 1. The van der Waals surface area contributed by atoms with E-state index >= 15 is 0 Å². The van der Waals surface area contributed by atoms with Crippen LogP contribution >= 0.6 is 11.8 Å². The number of ether oxygens (including phenoxy) is 2. The largest absolute Gasteiger partial charge is 0.490 e. The first kappa shape index (κ1) is 34.8. The molecule has 3 aromatic rings. The van der Waals surface area contributed by atoms with Crippen molar-refractivity contribution in [3.63, 3.8) is 0 Å². The van der Waals surface area contributed by atoms with Crippen LogP contribution < -0.4 is 14.4 Å². The number of hydrogen-bond acceptors (Lipinski definition) is 8. The Hall–Kier alpha value is -3.61. The van der Waals surface area contributed by atoms with Gasteiger partial charge < -0.3 is 14.4 Å². The number of fused-ring (bicyclic) bond motifs is 4. The lowest BCUT2D eigenvalue weighted by atomic mass is 9.70. The van der Waals surface area contributed by atoms with Gasteiger partial charge in [-0.05, 0) is 92.4 Å². The Morgan fingerprint density at radius 2 is 2.08 bits per heavy atom. The van der Waals surface area contributed by atoms with Crippen molar-refractivity contribution in [2.24, 2.45) is 22.1 Å². The number of methoxy groups -OCH3 is 1. The van der Waals surface area contributed by atoms with E-state index in [0.29, 0.717) is 42.7 Å². The Labute approximate surface area is 299 Å². The van der Waals surface area contributed by atoms with Crippen LogP contribution in [0.2, 0.25) is 0 Å². The summed E-state index contributed by atoms with van der Waals surface area (Å²) in [7, 11) is -1.74. The molecule has 2 bridgehead atoms. The number of anilines is 1. The maximum absolute atomic E-state index is 14.5. The molecule has 1 spiro atoms. The molecule has 2 aromatic carbocycles. The van der Waals surface area contributed by atoms with Crippen LogP contribution in [-0.2, 0) is 32.4 Å². The number of carbonyl (C=O) groups excluding carboxylic acids is 2. The Morgan fingerprint density at radius 1 is 1.22 bits per heavy atom. The highest BCUT2D eigenvalue weighted by Gasteiger charge is 2.45. The minimum atomic E-state index is -3.51. The maximum Gasteiger partial charge on any atom is 0.286 e. The van der Waals surface area contributed by atoms with Gasteiger partial charge >= 0.3 is 0 Å². The molecule has 1 aromatic heterocycles. The van der Waals surface area contributed by atoms with Crippen molar-refractivity contribution in [1.82, 2.24) is 14.5 Å². The van der Waals surface area contributed by atoms with Gasteiger partial charge in [0.15, 0.2) is 0 Å². The smallest absolute Gasteiger partial charge is 0.286 e. The molecule has 2 amide bonds. The predicted molar refractivity (Wildman–Crippen MR) is 198 cm³/mol. The first-order chi connectivity index (χ1) is 24.1. The second-order valence-corrected chi connectivity index (χ2v) is 17.8. The fourth-order valence-electron chi connectivity index (χ4n) is 7.85. The van der Waals surface area contributed by atoms with Gasteiger partial charge in [-0.3, -0.25) is 19.0 Å². The number of hydrogen-bond donors (Lipinski definition) is 1. The van der Waals surface area contributed by atoms with E-state index in [9.17, 15) is 13.8 Å². The number of aromatic nitrogens is 2. The summed E-state index contributed by atoms with van der Waals surface area (Å²) < 4.78 is 35.4. The van der Waals surface area contributed by atoms with Crippen LogP contribution in [0.4, 0.5) is 5.69 Å². The molecule has 1 saturated carbocycles. The summed E-state index contributed by atoms with van der Waals surface area (Å²) in [5.74, 6) is 1.14. The number of nitrogens with zero attached hydrogens (tertiary/aromatic N) is 4. The van der Waals surface area contributed by atoms with Crippen molar-refractivity contribution in [1.29, 1.82) is 0 Å². The molecule has 1 fully saturated rings. The lowest BCUT2D eigenvalue weighted by molar-refractivity contribution is 0.0134. The average Bonchev–Trinajstić information content (AvgIpc) is 3.52. The minimum Gasteiger partial charge on any atom is -0.490 e.